The van der Waals surface area contributed by atoms with Gasteiger partial charge in [-0.2, -0.15) is 11.3 Å². The lowest BCUT2D eigenvalue weighted by molar-refractivity contribution is -0.133. The molecule has 0 bridgehead atoms. The molecule has 0 atom stereocenters. The van der Waals surface area contributed by atoms with Gasteiger partial charge in [-0.25, -0.2) is 4.79 Å². The van der Waals surface area contributed by atoms with Crippen LogP contribution in [-0.4, -0.2) is 30.4 Å². The third-order valence-corrected chi connectivity index (χ3v) is 4.83. The van der Waals surface area contributed by atoms with Crippen molar-refractivity contribution in [2.24, 2.45) is 0 Å². The molecule has 0 saturated carbocycles. The largest absolute Gasteiger partial charge is 0.488 e. The van der Waals surface area contributed by atoms with Crippen LogP contribution < -0.4 is 4.74 Å². The van der Waals surface area contributed by atoms with Gasteiger partial charge in [-0.3, -0.25) is 4.79 Å². The standard InChI is InChI=1S/C22H21NO4S/c1-23(13-18-11-12-28-16-18)21(24)15-27-22(25)19-9-5-6-10-20(19)26-14-17-7-3-2-4-8-17/h2-12,16H,13-15H2,1H3. The number of benzene rings is 2. The number of carbonyl (C=O) groups excluding carboxylic acids is 2. The lowest BCUT2D eigenvalue weighted by atomic mass is 10.2. The van der Waals surface area contributed by atoms with E-state index in [0.717, 1.165) is 11.1 Å². The summed E-state index contributed by atoms with van der Waals surface area (Å²) in [6.45, 7) is 0.511. The second-order valence-corrected chi connectivity index (χ2v) is 7.01. The molecule has 0 unspecified atom stereocenters. The van der Waals surface area contributed by atoms with E-state index in [1.165, 1.54) is 4.90 Å². The number of ether oxygens (including phenoxy) is 2. The third kappa shape index (κ3) is 5.44. The molecule has 0 aliphatic heterocycles. The number of thiophene rings is 1. The SMILES string of the molecule is CN(Cc1ccsc1)C(=O)COC(=O)c1ccccc1OCc1ccccc1. The van der Waals surface area contributed by atoms with Crippen LogP contribution in [0.2, 0.25) is 0 Å². The van der Waals surface area contributed by atoms with E-state index in [2.05, 4.69) is 0 Å². The van der Waals surface area contributed by atoms with E-state index < -0.39 is 5.97 Å². The maximum absolute atomic E-state index is 12.4. The van der Waals surface area contributed by atoms with Gasteiger partial charge in [0.05, 0.1) is 0 Å². The van der Waals surface area contributed by atoms with Crippen molar-refractivity contribution in [3.05, 3.63) is 88.1 Å². The Morgan fingerprint density at radius 1 is 0.964 bits per heavy atom. The molecule has 0 aliphatic carbocycles. The first-order chi connectivity index (χ1) is 13.6. The van der Waals surface area contributed by atoms with Crippen molar-refractivity contribution in [2.45, 2.75) is 13.2 Å². The maximum Gasteiger partial charge on any atom is 0.342 e. The first-order valence-corrected chi connectivity index (χ1v) is 9.75. The Morgan fingerprint density at radius 3 is 2.46 bits per heavy atom. The second-order valence-electron chi connectivity index (χ2n) is 6.23. The summed E-state index contributed by atoms with van der Waals surface area (Å²) < 4.78 is 11.0. The van der Waals surface area contributed by atoms with Crippen LogP contribution in [0.25, 0.3) is 0 Å². The summed E-state index contributed by atoms with van der Waals surface area (Å²) >= 11 is 1.58. The van der Waals surface area contributed by atoms with Gasteiger partial charge in [0.1, 0.15) is 17.9 Å². The fourth-order valence-electron chi connectivity index (χ4n) is 2.56. The molecule has 6 heteroatoms. The van der Waals surface area contributed by atoms with Crippen LogP contribution >= 0.6 is 11.3 Å². The molecular weight excluding hydrogens is 374 g/mol. The summed E-state index contributed by atoms with van der Waals surface area (Å²) in [6.07, 6.45) is 0. The molecule has 3 rings (SSSR count). The first kappa shape index (κ1) is 19.6. The van der Waals surface area contributed by atoms with Crippen LogP contribution in [0.3, 0.4) is 0 Å². The molecule has 0 aliphatic rings. The number of amides is 1. The number of likely N-dealkylation sites (N-methyl/N-ethyl adjacent to an activating group) is 1. The lowest BCUT2D eigenvalue weighted by Crippen LogP contribution is -2.30. The zero-order chi connectivity index (χ0) is 19.8. The van der Waals surface area contributed by atoms with Crippen molar-refractivity contribution in [2.75, 3.05) is 13.7 Å². The number of esters is 1. The van der Waals surface area contributed by atoms with Crippen LogP contribution in [0.15, 0.2) is 71.4 Å². The van der Waals surface area contributed by atoms with Gasteiger partial charge >= 0.3 is 5.97 Å². The van der Waals surface area contributed by atoms with Gasteiger partial charge in [-0.05, 0) is 40.1 Å². The highest BCUT2D eigenvalue weighted by molar-refractivity contribution is 7.07. The average molecular weight is 395 g/mol. The van der Waals surface area contributed by atoms with Crippen molar-refractivity contribution in [3.63, 3.8) is 0 Å². The monoisotopic (exact) mass is 395 g/mol. The van der Waals surface area contributed by atoms with E-state index in [-0.39, 0.29) is 12.5 Å². The molecule has 0 saturated heterocycles. The van der Waals surface area contributed by atoms with Crippen molar-refractivity contribution in [1.82, 2.24) is 4.90 Å². The van der Waals surface area contributed by atoms with Crippen molar-refractivity contribution in [3.8, 4) is 5.75 Å². The molecule has 5 nitrogen and oxygen atoms in total. The minimum atomic E-state index is -0.582. The summed E-state index contributed by atoms with van der Waals surface area (Å²) in [7, 11) is 1.69. The van der Waals surface area contributed by atoms with Gasteiger partial charge in [0.15, 0.2) is 6.61 Å². The molecule has 2 aromatic carbocycles. The summed E-state index contributed by atoms with van der Waals surface area (Å²) in [5, 5.41) is 3.94. The van der Waals surface area contributed by atoms with E-state index in [1.807, 2.05) is 47.2 Å². The van der Waals surface area contributed by atoms with Crippen molar-refractivity contribution >= 4 is 23.2 Å². The highest BCUT2D eigenvalue weighted by Gasteiger charge is 2.17. The van der Waals surface area contributed by atoms with Gasteiger partial charge in [0, 0.05) is 13.6 Å². The highest BCUT2D eigenvalue weighted by atomic mass is 32.1. The molecule has 0 fully saturated rings. The van der Waals surface area contributed by atoms with Crippen LogP contribution in [0, 0.1) is 0 Å². The second kappa shape index (κ2) is 9.71. The topological polar surface area (TPSA) is 55.8 Å². The number of hydrogen-bond acceptors (Lipinski definition) is 5. The molecule has 144 valence electrons. The smallest absolute Gasteiger partial charge is 0.342 e. The van der Waals surface area contributed by atoms with Crippen LogP contribution in [0.5, 0.6) is 5.75 Å². The number of hydrogen-bond donors (Lipinski definition) is 0. The van der Waals surface area contributed by atoms with Gasteiger partial charge in [0.25, 0.3) is 5.91 Å². The third-order valence-electron chi connectivity index (χ3n) is 4.10. The van der Waals surface area contributed by atoms with E-state index in [4.69, 9.17) is 9.47 Å². The molecule has 3 aromatic rings. The Kier molecular flexibility index (Phi) is 6.81. The zero-order valence-electron chi connectivity index (χ0n) is 15.5. The Hall–Kier alpha value is -3.12. The molecular formula is C22H21NO4S. The van der Waals surface area contributed by atoms with E-state index in [0.29, 0.717) is 24.5 Å². The molecule has 0 N–H and O–H groups in total. The summed E-state index contributed by atoms with van der Waals surface area (Å²) in [5.74, 6) is -0.418. The fraction of sp³-hybridized carbons (Fsp3) is 0.182. The lowest BCUT2D eigenvalue weighted by Gasteiger charge is -2.17. The van der Waals surface area contributed by atoms with Crippen LogP contribution in [0.4, 0.5) is 0 Å². The Morgan fingerprint density at radius 2 is 1.71 bits per heavy atom. The van der Waals surface area contributed by atoms with Crippen molar-refractivity contribution in [1.29, 1.82) is 0 Å². The highest BCUT2D eigenvalue weighted by Crippen LogP contribution is 2.20. The molecule has 0 spiro atoms. The molecule has 0 radical (unpaired) electrons. The van der Waals surface area contributed by atoms with Gasteiger partial charge in [-0.1, -0.05) is 42.5 Å². The number of rotatable bonds is 8. The van der Waals surface area contributed by atoms with Gasteiger partial charge in [-0.15, -0.1) is 0 Å². The predicted molar refractivity (Wildman–Crippen MR) is 108 cm³/mol. The quantitative estimate of drug-likeness (QED) is 0.538. The van der Waals surface area contributed by atoms with E-state index in [1.54, 1.807) is 42.6 Å². The molecule has 1 heterocycles. The minimum Gasteiger partial charge on any atom is -0.488 e. The number of carbonyl (C=O) groups is 2. The summed E-state index contributed by atoms with van der Waals surface area (Å²) in [5.41, 5.74) is 2.34. The minimum absolute atomic E-state index is 0.262. The Balaban J connectivity index is 1.56. The number of nitrogens with zero attached hydrogens (tertiary/aromatic N) is 1. The van der Waals surface area contributed by atoms with Gasteiger partial charge < -0.3 is 14.4 Å². The predicted octanol–water partition coefficient (Wildman–Crippen LogP) is 4.14. The summed E-state index contributed by atoms with van der Waals surface area (Å²) in [4.78, 5) is 26.2. The van der Waals surface area contributed by atoms with Crippen LogP contribution in [-0.2, 0) is 22.7 Å². The number of para-hydroxylation sites is 1. The van der Waals surface area contributed by atoms with E-state index >= 15 is 0 Å². The fourth-order valence-corrected chi connectivity index (χ4v) is 3.22. The van der Waals surface area contributed by atoms with Crippen LogP contribution in [0.1, 0.15) is 21.5 Å². The maximum atomic E-state index is 12.4. The average Bonchev–Trinajstić information content (AvgIpc) is 3.24. The Labute approximate surface area is 168 Å². The summed E-state index contributed by atoms with van der Waals surface area (Å²) in [6, 6.07) is 18.5. The molecule has 28 heavy (non-hydrogen) atoms. The first-order valence-electron chi connectivity index (χ1n) is 8.81. The molecule has 1 amide bonds. The zero-order valence-corrected chi connectivity index (χ0v) is 16.4. The van der Waals surface area contributed by atoms with Gasteiger partial charge in [0.2, 0.25) is 0 Å². The Bertz CT molecular complexity index is 909. The van der Waals surface area contributed by atoms with Crippen molar-refractivity contribution < 1.29 is 19.1 Å². The molecule has 1 aromatic heterocycles. The van der Waals surface area contributed by atoms with E-state index in [9.17, 15) is 9.59 Å². The normalized spacial score (nSPS) is 10.3.